The largest absolute Gasteiger partial charge is 0.271 e. The molecule has 0 fully saturated rings. The number of rotatable bonds is 4. The van der Waals surface area contributed by atoms with Crippen LogP contribution in [-0.2, 0) is 0 Å². The molecule has 0 saturated carbocycles. The third kappa shape index (κ3) is 5.48. The van der Waals surface area contributed by atoms with Crippen molar-refractivity contribution in [1.82, 2.24) is 5.43 Å². The maximum atomic E-state index is 5.01. The minimum atomic E-state index is 0.863. The van der Waals surface area contributed by atoms with Gasteiger partial charge in [0, 0.05) is 13.0 Å². The van der Waals surface area contributed by atoms with Gasteiger partial charge in [0.2, 0.25) is 0 Å². The quantitative estimate of drug-likeness (QED) is 0.237. The minimum absolute atomic E-state index is 0.863. The molecule has 0 aromatic heterocycles. The van der Waals surface area contributed by atoms with E-state index in [1.165, 1.54) is 0 Å². The number of terminal acetylenes is 1. The van der Waals surface area contributed by atoms with Crippen LogP contribution in [0.1, 0.15) is 19.3 Å². The third-order valence-corrected chi connectivity index (χ3v) is 0.892. The number of hydrogen-bond acceptors (Lipinski definition) is 2. The molecular formula is C6H12N2. The summed E-state index contributed by atoms with van der Waals surface area (Å²) in [5, 5.41) is 0. The van der Waals surface area contributed by atoms with Gasteiger partial charge in [0.15, 0.2) is 0 Å². The highest BCUT2D eigenvalue weighted by atomic mass is 15.2. The molecule has 3 N–H and O–H groups in total. The van der Waals surface area contributed by atoms with Gasteiger partial charge in [-0.2, -0.15) is 0 Å². The first-order valence-electron chi connectivity index (χ1n) is 2.78. The van der Waals surface area contributed by atoms with Gasteiger partial charge in [-0.15, -0.1) is 12.3 Å². The van der Waals surface area contributed by atoms with Crippen LogP contribution >= 0.6 is 0 Å². The zero-order valence-corrected chi connectivity index (χ0v) is 4.98. The van der Waals surface area contributed by atoms with E-state index in [1.807, 2.05) is 0 Å². The molecule has 0 spiro atoms. The van der Waals surface area contributed by atoms with Crippen molar-refractivity contribution in [3.05, 3.63) is 0 Å². The molecule has 0 aliphatic heterocycles. The Morgan fingerprint density at radius 1 is 1.50 bits per heavy atom. The second-order valence-corrected chi connectivity index (χ2v) is 1.62. The highest BCUT2D eigenvalue weighted by molar-refractivity contribution is 4.82. The van der Waals surface area contributed by atoms with E-state index in [9.17, 15) is 0 Å². The highest BCUT2D eigenvalue weighted by Crippen LogP contribution is 1.89. The molecule has 0 aromatic carbocycles. The van der Waals surface area contributed by atoms with Crippen molar-refractivity contribution < 1.29 is 0 Å². The van der Waals surface area contributed by atoms with E-state index in [2.05, 4.69) is 11.3 Å². The summed E-state index contributed by atoms with van der Waals surface area (Å²) in [6.45, 7) is 0.863. The Kier molecular flexibility index (Phi) is 6.06. The normalized spacial score (nSPS) is 8.50. The van der Waals surface area contributed by atoms with Gasteiger partial charge in [-0.05, 0) is 12.8 Å². The van der Waals surface area contributed by atoms with Gasteiger partial charge in [0.05, 0.1) is 0 Å². The fourth-order valence-corrected chi connectivity index (χ4v) is 0.454. The van der Waals surface area contributed by atoms with Crippen molar-refractivity contribution in [2.75, 3.05) is 6.54 Å². The van der Waals surface area contributed by atoms with Crippen molar-refractivity contribution >= 4 is 0 Å². The van der Waals surface area contributed by atoms with Crippen LogP contribution in [0.2, 0.25) is 0 Å². The first kappa shape index (κ1) is 7.48. The number of hydrazine groups is 1. The lowest BCUT2D eigenvalue weighted by atomic mass is 10.2. The molecule has 0 aromatic rings. The lowest BCUT2D eigenvalue weighted by Crippen LogP contribution is -2.22. The standard InChI is InChI=1S/C6H12N2/c1-2-3-4-5-6-8-7/h1,8H,3-7H2. The molecular weight excluding hydrogens is 100 g/mol. The van der Waals surface area contributed by atoms with E-state index in [0.29, 0.717) is 0 Å². The van der Waals surface area contributed by atoms with Crippen LogP contribution in [0.5, 0.6) is 0 Å². The Bertz CT molecular complexity index is 73.1. The average molecular weight is 112 g/mol. The number of nitrogens with two attached hydrogens (primary N) is 1. The van der Waals surface area contributed by atoms with Crippen molar-refractivity contribution in [3.63, 3.8) is 0 Å². The molecule has 0 radical (unpaired) electrons. The maximum Gasteiger partial charge on any atom is 0.00977 e. The second kappa shape index (κ2) is 6.48. The SMILES string of the molecule is C#CCCCCNN. The summed E-state index contributed by atoms with van der Waals surface area (Å²) in [5.74, 6) is 7.57. The number of hydrogen-bond donors (Lipinski definition) is 2. The van der Waals surface area contributed by atoms with Crippen LogP contribution in [0.4, 0.5) is 0 Å². The number of unbranched alkanes of at least 4 members (excludes halogenated alkanes) is 2. The monoisotopic (exact) mass is 112 g/mol. The zero-order valence-electron chi connectivity index (χ0n) is 4.98. The first-order chi connectivity index (χ1) is 3.91. The molecule has 0 heterocycles. The summed E-state index contributed by atoms with van der Waals surface area (Å²) < 4.78 is 0. The van der Waals surface area contributed by atoms with Gasteiger partial charge in [0.1, 0.15) is 0 Å². The van der Waals surface area contributed by atoms with E-state index in [-0.39, 0.29) is 0 Å². The second-order valence-electron chi connectivity index (χ2n) is 1.62. The molecule has 0 atom stereocenters. The number of nitrogens with one attached hydrogen (secondary N) is 1. The van der Waals surface area contributed by atoms with E-state index in [1.54, 1.807) is 0 Å². The van der Waals surface area contributed by atoms with Gasteiger partial charge in [0.25, 0.3) is 0 Å². The van der Waals surface area contributed by atoms with Crippen LogP contribution in [-0.4, -0.2) is 6.54 Å². The molecule has 8 heavy (non-hydrogen) atoms. The zero-order chi connectivity index (χ0) is 6.24. The van der Waals surface area contributed by atoms with Gasteiger partial charge in [-0.1, -0.05) is 0 Å². The van der Waals surface area contributed by atoms with E-state index < -0.39 is 0 Å². The maximum absolute atomic E-state index is 5.01. The summed E-state index contributed by atoms with van der Waals surface area (Å²) in [5.41, 5.74) is 2.56. The Balaban J connectivity index is 2.65. The molecule has 0 saturated heterocycles. The van der Waals surface area contributed by atoms with E-state index >= 15 is 0 Å². The summed E-state index contributed by atoms with van der Waals surface area (Å²) in [6.07, 6.45) is 8.01. The fraction of sp³-hybridized carbons (Fsp3) is 0.667. The molecule has 0 bridgehead atoms. The Labute approximate surface area is 50.4 Å². The van der Waals surface area contributed by atoms with Crippen LogP contribution in [0.3, 0.4) is 0 Å². The molecule has 2 nitrogen and oxygen atoms in total. The Morgan fingerprint density at radius 3 is 2.75 bits per heavy atom. The Hall–Kier alpha value is -0.520. The van der Waals surface area contributed by atoms with E-state index in [4.69, 9.17) is 12.3 Å². The molecule has 46 valence electrons. The first-order valence-corrected chi connectivity index (χ1v) is 2.78. The molecule has 0 aliphatic rings. The fourth-order valence-electron chi connectivity index (χ4n) is 0.454. The summed E-state index contributed by atoms with van der Waals surface area (Å²) in [7, 11) is 0. The molecule has 0 unspecified atom stereocenters. The molecule has 0 amide bonds. The van der Waals surface area contributed by atoms with Crippen LogP contribution in [0.15, 0.2) is 0 Å². The summed E-state index contributed by atoms with van der Waals surface area (Å²) in [6, 6.07) is 0. The lowest BCUT2D eigenvalue weighted by molar-refractivity contribution is 0.654. The smallest absolute Gasteiger partial charge is 0.00977 e. The van der Waals surface area contributed by atoms with E-state index in [0.717, 1.165) is 25.8 Å². The van der Waals surface area contributed by atoms with Crippen LogP contribution < -0.4 is 11.3 Å². The van der Waals surface area contributed by atoms with Gasteiger partial charge < -0.3 is 0 Å². The van der Waals surface area contributed by atoms with Crippen LogP contribution in [0, 0.1) is 12.3 Å². The van der Waals surface area contributed by atoms with Crippen molar-refractivity contribution in [3.8, 4) is 12.3 Å². The van der Waals surface area contributed by atoms with Crippen LogP contribution in [0.25, 0.3) is 0 Å². The van der Waals surface area contributed by atoms with Crippen molar-refractivity contribution in [2.24, 2.45) is 5.84 Å². The lowest BCUT2D eigenvalue weighted by Gasteiger charge is -1.93. The molecule has 0 rings (SSSR count). The van der Waals surface area contributed by atoms with Gasteiger partial charge in [-0.3, -0.25) is 11.3 Å². The van der Waals surface area contributed by atoms with Crippen molar-refractivity contribution in [2.45, 2.75) is 19.3 Å². The topological polar surface area (TPSA) is 38.0 Å². The average Bonchev–Trinajstić information content (AvgIpc) is 1.81. The van der Waals surface area contributed by atoms with Gasteiger partial charge in [-0.25, -0.2) is 0 Å². The molecule has 2 heteroatoms. The summed E-state index contributed by atoms with van der Waals surface area (Å²) >= 11 is 0. The summed E-state index contributed by atoms with van der Waals surface area (Å²) in [4.78, 5) is 0. The predicted octanol–water partition coefficient (Wildman–Crippen LogP) is 0.253. The highest BCUT2D eigenvalue weighted by Gasteiger charge is 1.81. The third-order valence-electron chi connectivity index (χ3n) is 0.892. The Morgan fingerprint density at radius 2 is 2.25 bits per heavy atom. The predicted molar refractivity (Wildman–Crippen MR) is 34.9 cm³/mol. The van der Waals surface area contributed by atoms with Gasteiger partial charge >= 0.3 is 0 Å². The van der Waals surface area contributed by atoms with Crippen molar-refractivity contribution in [1.29, 1.82) is 0 Å². The minimum Gasteiger partial charge on any atom is -0.271 e. The molecule has 0 aliphatic carbocycles.